The fourth-order valence-electron chi connectivity index (χ4n) is 3.00. The molecule has 1 aliphatic carbocycles. The number of benzene rings is 1. The molecule has 0 spiro atoms. The fraction of sp³-hybridized carbons (Fsp3) is 0.556. The van der Waals surface area contributed by atoms with Crippen molar-refractivity contribution in [1.82, 2.24) is 4.90 Å². The SMILES string of the molecule is COC(=O)CCN(C(=O)COc1ccccc1OC)C1CCCC1. The summed E-state index contributed by atoms with van der Waals surface area (Å²) in [7, 11) is 2.92. The van der Waals surface area contributed by atoms with E-state index in [4.69, 9.17) is 9.47 Å². The summed E-state index contributed by atoms with van der Waals surface area (Å²) in [5.41, 5.74) is 0. The molecule has 2 rings (SSSR count). The van der Waals surface area contributed by atoms with Gasteiger partial charge >= 0.3 is 5.97 Å². The van der Waals surface area contributed by atoms with Gasteiger partial charge in [-0.2, -0.15) is 0 Å². The first-order chi connectivity index (χ1) is 11.7. The average molecular weight is 335 g/mol. The van der Waals surface area contributed by atoms with E-state index >= 15 is 0 Å². The summed E-state index contributed by atoms with van der Waals surface area (Å²) in [6.07, 6.45) is 4.37. The van der Waals surface area contributed by atoms with E-state index in [9.17, 15) is 9.59 Å². The van der Waals surface area contributed by atoms with Gasteiger partial charge in [-0.25, -0.2) is 0 Å². The molecular weight excluding hydrogens is 310 g/mol. The van der Waals surface area contributed by atoms with E-state index in [2.05, 4.69) is 4.74 Å². The van der Waals surface area contributed by atoms with E-state index < -0.39 is 0 Å². The first-order valence-corrected chi connectivity index (χ1v) is 8.27. The zero-order valence-corrected chi connectivity index (χ0v) is 14.3. The molecule has 0 atom stereocenters. The lowest BCUT2D eigenvalue weighted by atomic mass is 10.2. The average Bonchev–Trinajstić information content (AvgIpc) is 3.14. The van der Waals surface area contributed by atoms with Gasteiger partial charge in [0.05, 0.1) is 20.6 Å². The molecule has 0 aliphatic heterocycles. The van der Waals surface area contributed by atoms with Crippen LogP contribution in [-0.2, 0) is 14.3 Å². The number of amides is 1. The molecule has 1 aromatic carbocycles. The number of rotatable bonds is 8. The highest BCUT2D eigenvalue weighted by molar-refractivity contribution is 5.79. The number of methoxy groups -OCH3 is 2. The number of hydrogen-bond donors (Lipinski definition) is 0. The molecule has 6 nitrogen and oxygen atoms in total. The number of esters is 1. The minimum atomic E-state index is -0.309. The van der Waals surface area contributed by atoms with Crippen molar-refractivity contribution in [3.05, 3.63) is 24.3 Å². The van der Waals surface area contributed by atoms with Crippen molar-refractivity contribution >= 4 is 11.9 Å². The van der Waals surface area contributed by atoms with Crippen molar-refractivity contribution in [2.75, 3.05) is 27.4 Å². The molecule has 0 bridgehead atoms. The van der Waals surface area contributed by atoms with Gasteiger partial charge in [0, 0.05) is 12.6 Å². The van der Waals surface area contributed by atoms with Gasteiger partial charge in [-0.3, -0.25) is 9.59 Å². The predicted molar refractivity (Wildman–Crippen MR) is 89.1 cm³/mol. The van der Waals surface area contributed by atoms with E-state index in [1.54, 1.807) is 24.1 Å². The summed E-state index contributed by atoms with van der Waals surface area (Å²) in [5.74, 6) is 0.702. The predicted octanol–water partition coefficient (Wildman–Crippen LogP) is 2.41. The maximum Gasteiger partial charge on any atom is 0.307 e. The second kappa shape index (κ2) is 9.15. The van der Waals surface area contributed by atoms with Gasteiger partial charge in [-0.1, -0.05) is 25.0 Å². The van der Waals surface area contributed by atoms with Crippen LogP contribution in [0, 0.1) is 0 Å². The molecule has 0 saturated heterocycles. The number of ether oxygens (including phenoxy) is 3. The Morgan fingerprint density at radius 3 is 2.42 bits per heavy atom. The molecule has 0 radical (unpaired) electrons. The largest absolute Gasteiger partial charge is 0.493 e. The number of para-hydroxylation sites is 2. The maximum atomic E-state index is 12.6. The molecule has 0 aromatic heterocycles. The van der Waals surface area contributed by atoms with Gasteiger partial charge in [0.25, 0.3) is 5.91 Å². The molecule has 1 amide bonds. The van der Waals surface area contributed by atoms with Crippen molar-refractivity contribution in [3.63, 3.8) is 0 Å². The van der Waals surface area contributed by atoms with Gasteiger partial charge in [0.15, 0.2) is 18.1 Å². The first kappa shape index (κ1) is 18.1. The van der Waals surface area contributed by atoms with E-state index in [1.165, 1.54) is 7.11 Å². The normalized spacial score (nSPS) is 14.2. The quantitative estimate of drug-likeness (QED) is 0.683. The maximum absolute atomic E-state index is 12.6. The minimum Gasteiger partial charge on any atom is -0.493 e. The molecule has 0 heterocycles. The molecule has 24 heavy (non-hydrogen) atoms. The lowest BCUT2D eigenvalue weighted by Crippen LogP contribution is -2.42. The van der Waals surface area contributed by atoms with Crippen LogP contribution in [0.2, 0.25) is 0 Å². The van der Waals surface area contributed by atoms with Crippen molar-refractivity contribution < 1.29 is 23.8 Å². The Hall–Kier alpha value is -2.24. The summed E-state index contributed by atoms with van der Waals surface area (Å²) in [5, 5.41) is 0. The van der Waals surface area contributed by atoms with Crippen LogP contribution in [-0.4, -0.2) is 50.2 Å². The summed E-state index contributed by atoms with van der Waals surface area (Å²) in [4.78, 5) is 25.8. The third-order valence-electron chi connectivity index (χ3n) is 4.29. The zero-order valence-electron chi connectivity index (χ0n) is 14.3. The highest BCUT2D eigenvalue weighted by Crippen LogP contribution is 2.27. The Morgan fingerprint density at radius 2 is 1.79 bits per heavy atom. The molecule has 6 heteroatoms. The van der Waals surface area contributed by atoms with Crippen molar-refractivity contribution in [1.29, 1.82) is 0 Å². The Kier molecular flexibility index (Phi) is 6.90. The number of nitrogens with zero attached hydrogens (tertiary/aromatic N) is 1. The minimum absolute atomic E-state index is 0.0714. The Bertz CT molecular complexity index is 554. The van der Waals surface area contributed by atoms with E-state index in [1.807, 2.05) is 12.1 Å². The monoisotopic (exact) mass is 335 g/mol. The van der Waals surface area contributed by atoms with Gasteiger partial charge in [0.2, 0.25) is 0 Å². The number of hydrogen-bond acceptors (Lipinski definition) is 5. The van der Waals surface area contributed by atoms with Crippen molar-refractivity contribution in [3.8, 4) is 11.5 Å². The Labute approximate surface area is 142 Å². The lowest BCUT2D eigenvalue weighted by molar-refractivity contribution is -0.142. The standard InChI is InChI=1S/C18H25NO5/c1-22-15-9-5-6-10-16(15)24-13-17(20)19(12-11-18(21)23-2)14-7-3-4-8-14/h5-6,9-10,14H,3-4,7-8,11-13H2,1-2H3. The van der Waals surface area contributed by atoms with E-state index in [0.29, 0.717) is 18.0 Å². The van der Waals surface area contributed by atoms with E-state index in [0.717, 1.165) is 25.7 Å². The van der Waals surface area contributed by atoms with Crippen LogP contribution in [0.15, 0.2) is 24.3 Å². The van der Waals surface area contributed by atoms with Crippen LogP contribution < -0.4 is 9.47 Å². The fourth-order valence-corrected chi connectivity index (χ4v) is 3.00. The van der Waals surface area contributed by atoms with Crippen LogP contribution in [0.5, 0.6) is 11.5 Å². The third kappa shape index (κ3) is 4.88. The second-order valence-electron chi connectivity index (χ2n) is 5.79. The van der Waals surface area contributed by atoms with Crippen LogP contribution >= 0.6 is 0 Å². The van der Waals surface area contributed by atoms with E-state index in [-0.39, 0.29) is 30.9 Å². The third-order valence-corrected chi connectivity index (χ3v) is 4.29. The molecule has 0 unspecified atom stereocenters. The molecule has 1 saturated carbocycles. The highest BCUT2D eigenvalue weighted by Gasteiger charge is 2.27. The summed E-state index contributed by atoms with van der Waals surface area (Å²) >= 11 is 0. The summed E-state index contributed by atoms with van der Waals surface area (Å²) < 4.78 is 15.5. The zero-order chi connectivity index (χ0) is 17.4. The molecular formula is C18H25NO5. The van der Waals surface area contributed by atoms with Gasteiger partial charge in [0.1, 0.15) is 0 Å². The Balaban J connectivity index is 1.97. The van der Waals surface area contributed by atoms with Crippen LogP contribution in [0.25, 0.3) is 0 Å². The van der Waals surface area contributed by atoms with Gasteiger partial charge in [-0.05, 0) is 25.0 Å². The topological polar surface area (TPSA) is 65.1 Å². The molecule has 132 valence electrons. The van der Waals surface area contributed by atoms with Crippen LogP contribution in [0.1, 0.15) is 32.1 Å². The molecule has 1 aromatic rings. The number of carbonyl (C=O) groups excluding carboxylic acids is 2. The molecule has 0 N–H and O–H groups in total. The molecule has 1 fully saturated rings. The number of carbonyl (C=O) groups is 2. The smallest absolute Gasteiger partial charge is 0.307 e. The van der Waals surface area contributed by atoms with Crippen molar-refractivity contribution in [2.45, 2.75) is 38.1 Å². The summed E-state index contributed by atoms with van der Waals surface area (Å²) in [6, 6.07) is 7.40. The van der Waals surface area contributed by atoms with Crippen LogP contribution in [0.4, 0.5) is 0 Å². The highest BCUT2D eigenvalue weighted by atomic mass is 16.5. The lowest BCUT2D eigenvalue weighted by Gasteiger charge is -2.28. The second-order valence-corrected chi connectivity index (χ2v) is 5.79. The molecule has 1 aliphatic rings. The summed E-state index contributed by atoms with van der Waals surface area (Å²) in [6.45, 7) is 0.295. The first-order valence-electron chi connectivity index (χ1n) is 8.27. The Morgan fingerprint density at radius 1 is 1.12 bits per heavy atom. The van der Waals surface area contributed by atoms with Gasteiger partial charge < -0.3 is 19.1 Å². The van der Waals surface area contributed by atoms with Crippen molar-refractivity contribution in [2.24, 2.45) is 0 Å². The van der Waals surface area contributed by atoms with Crippen LogP contribution in [0.3, 0.4) is 0 Å². The van der Waals surface area contributed by atoms with Gasteiger partial charge in [-0.15, -0.1) is 0 Å².